The van der Waals surface area contributed by atoms with E-state index in [2.05, 4.69) is 32.7 Å². The zero-order valence-electron chi connectivity index (χ0n) is 6.99. The molecular weight excluding hydrogens is 279 g/mol. The van der Waals surface area contributed by atoms with E-state index < -0.39 is 0 Å². The molecule has 0 aromatic carbocycles. The van der Waals surface area contributed by atoms with E-state index in [-0.39, 0.29) is 0 Å². The summed E-state index contributed by atoms with van der Waals surface area (Å²) in [6, 6.07) is 5.78. The van der Waals surface area contributed by atoms with Crippen molar-refractivity contribution in [1.82, 2.24) is 10.1 Å². The number of rotatable bonds is 1. The highest BCUT2D eigenvalue weighted by molar-refractivity contribution is 14.1. The third kappa shape index (κ3) is 1.72. The van der Waals surface area contributed by atoms with E-state index in [1.165, 1.54) is 0 Å². The van der Waals surface area contributed by atoms with Crippen molar-refractivity contribution in [1.29, 1.82) is 0 Å². The maximum absolute atomic E-state index is 4.97. The Labute approximate surface area is 89.3 Å². The lowest BCUT2D eigenvalue weighted by atomic mass is 10.2. The monoisotopic (exact) mass is 286 g/mol. The summed E-state index contributed by atoms with van der Waals surface area (Å²) in [5.41, 5.74) is 2.78. The summed E-state index contributed by atoms with van der Waals surface area (Å²) in [7, 11) is 0. The van der Waals surface area contributed by atoms with Crippen molar-refractivity contribution >= 4 is 22.6 Å². The van der Waals surface area contributed by atoms with Gasteiger partial charge in [-0.2, -0.15) is 0 Å². The van der Waals surface area contributed by atoms with Gasteiger partial charge < -0.3 is 4.52 Å². The molecule has 0 aliphatic heterocycles. The molecule has 3 nitrogen and oxygen atoms in total. The first-order valence-corrected chi connectivity index (χ1v) is 4.89. The summed E-state index contributed by atoms with van der Waals surface area (Å²) in [4.78, 5) is 4.24. The Morgan fingerprint density at radius 3 is 2.92 bits per heavy atom. The summed E-state index contributed by atoms with van der Waals surface area (Å²) in [6.07, 6.45) is 1.75. The number of aryl methyl sites for hydroxylation is 1. The summed E-state index contributed by atoms with van der Waals surface area (Å²) in [6.45, 7) is 2.00. The average molecular weight is 286 g/mol. The SMILES string of the molecule is Cc1cccnc1-c1cc(I)on1. The van der Waals surface area contributed by atoms with Crippen LogP contribution >= 0.6 is 22.6 Å². The Bertz CT molecular complexity index is 425. The molecule has 0 aliphatic carbocycles. The molecule has 0 spiro atoms. The molecule has 0 N–H and O–H groups in total. The van der Waals surface area contributed by atoms with E-state index in [0.29, 0.717) is 0 Å². The minimum Gasteiger partial charge on any atom is -0.350 e. The van der Waals surface area contributed by atoms with Crippen molar-refractivity contribution in [3.05, 3.63) is 33.7 Å². The van der Waals surface area contributed by atoms with E-state index >= 15 is 0 Å². The highest BCUT2D eigenvalue weighted by Crippen LogP contribution is 2.20. The fourth-order valence-electron chi connectivity index (χ4n) is 1.12. The Morgan fingerprint density at radius 2 is 2.31 bits per heavy atom. The lowest BCUT2D eigenvalue weighted by molar-refractivity contribution is 0.400. The highest BCUT2D eigenvalue weighted by Gasteiger charge is 2.07. The van der Waals surface area contributed by atoms with Crippen LogP contribution in [0.5, 0.6) is 0 Å². The molecule has 0 atom stereocenters. The molecule has 4 heteroatoms. The van der Waals surface area contributed by atoms with E-state index in [9.17, 15) is 0 Å². The van der Waals surface area contributed by atoms with Gasteiger partial charge in [0.15, 0.2) is 3.77 Å². The fraction of sp³-hybridized carbons (Fsp3) is 0.111. The Kier molecular flexibility index (Phi) is 2.30. The highest BCUT2D eigenvalue weighted by atomic mass is 127. The molecule has 2 aromatic heterocycles. The molecule has 2 rings (SSSR count). The number of hydrogen-bond acceptors (Lipinski definition) is 3. The molecule has 13 heavy (non-hydrogen) atoms. The van der Waals surface area contributed by atoms with Gasteiger partial charge in [0.05, 0.1) is 5.69 Å². The number of halogens is 1. The van der Waals surface area contributed by atoms with Gasteiger partial charge in [0.2, 0.25) is 0 Å². The first-order valence-electron chi connectivity index (χ1n) is 3.81. The van der Waals surface area contributed by atoms with Crippen molar-refractivity contribution in [3.63, 3.8) is 0 Å². The topological polar surface area (TPSA) is 38.9 Å². The van der Waals surface area contributed by atoms with Crippen LogP contribution in [0.15, 0.2) is 28.9 Å². The van der Waals surface area contributed by atoms with E-state index in [4.69, 9.17) is 4.52 Å². The standard InChI is InChI=1S/C9H7IN2O/c1-6-3-2-4-11-9(6)7-5-8(10)13-12-7/h2-5H,1H3. The second-order valence-corrected chi connectivity index (χ2v) is 3.75. The zero-order chi connectivity index (χ0) is 9.26. The number of nitrogens with zero attached hydrogens (tertiary/aromatic N) is 2. The quantitative estimate of drug-likeness (QED) is 0.756. The molecule has 0 radical (unpaired) electrons. The lowest BCUT2D eigenvalue weighted by Crippen LogP contribution is -1.86. The van der Waals surface area contributed by atoms with Crippen molar-refractivity contribution in [2.45, 2.75) is 6.92 Å². The van der Waals surface area contributed by atoms with Crippen LogP contribution < -0.4 is 0 Å². The van der Waals surface area contributed by atoms with Crippen molar-refractivity contribution < 1.29 is 4.52 Å². The van der Waals surface area contributed by atoms with Gasteiger partial charge in [0.25, 0.3) is 0 Å². The molecular formula is C9H7IN2O. The first-order chi connectivity index (χ1) is 6.27. The van der Waals surface area contributed by atoms with Crippen LogP contribution in [0, 0.1) is 10.7 Å². The van der Waals surface area contributed by atoms with E-state index in [1.807, 2.05) is 25.1 Å². The summed E-state index contributed by atoms with van der Waals surface area (Å²) < 4.78 is 5.75. The summed E-state index contributed by atoms with van der Waals surface area (Å²) in [5.74, 6) is 0. The smallest absolute Gasteiger partial charge is 0.197 e. The second-order valence-electron chi connectivity index (χ2n) is 2.69. The van der Waals surface area contributed by atoms with Crippen LogP contribution in [-0.4, -0.2) is 10.1 Å². The van der Waals surface area contributed by atoms with Gasteiger partial charge in [-0.3, -0.25) is 4.98 Å². The predicted molar refractivity (Wildman–Crippen MR) is 57.2 cm³/mol. The van der Waals surface area contributed by atoms with Gasteiger partial charge in [0.1, 0.15) is 5.69 Å². The molecule has 2 aromatic rings. The summed E-state index contributed by atoms with van der Waals surface area (Å²) >= 11 is 2.08. The minimum absolute atomic E-state index is 0.776. The second kappa shape index (κ2) is 3.45. The fourth-order valence-corrected chi connectivity index (χ4v) is 1.51. The number of pyridine rings is 1. The average Bonchev–Trinajstić information content (AvgIpc) is 2.53. The third-order valence-electron chi connectivity index (χ3n) is 1.73. The van der Waals surface area contributed by atoms with Gasteiger partial charge in [-0.1, -0.05) is 11.2 Å². The van der Waals surface area contributed by atoms with Gasteiger partial charge in [0, 0.05) is 34.9 Å². The van der Waals surface area contributed by atoms with Crippen LogP contribution in [0.3, 0.4) is 0 Å². The molecule has 0 amide bonds. The molecule has 66 valence electrons. The summed E-state index contributed by atoms with van der Waals surface area (Å²) in [5, 5.41) is 3.90. The molecule has 2 heterocycles. The molecule has 0 saturated heterocycles. The first kappa shape index (κ1) is 8.68. The Hall–Kier alpha value is -0.910. The van der Waals surface area contributed by atoms with Gasteiger partial charge in [-0.15, -0.1) is 0 Å². The van der Waals surface area contributed by atoms with Gasteiger partial charge in [-0.25, -0.2) is 0 Å². The van der Waals surface area contributed by atoms with Crippen molar-refractivity contribution in [2.24, 2.45) is 0 Å². The third-order valence-corrected chi connectivity index (χ3v) is 2.24. The van der Waals surface area contributed by atoms with Gasteiger partial charge >= 0.3 is 0 Å². The van der Waals surface area contributed by atoms with Crippen molar-refractivity contribution in [2.75, 3.05) is 0 Å². The van der Waals surface area contributed by atoms with E-state index in [1.54, 1.807) is 6.20 Å². The number of hydrogen-bond donors (Lipinski definition) is 0. The minimum atomic E-state index is 0.776. The van der Waals surface area contributed by atoms with Crippen LogP contribution in [0.2, 0.25) is 0 Å². The van der Waals surface area contributed by atoms with Crippen LogP contribution in [0.4, 0.5) is 0 Å². The lowest BCUT2D eigenvalue weighted by Gasteiger charge is -1.97. The molecule has 0 saturated carbocycles. The molecule has 0 fully saturated rings. The zero-order valence-corrected chi connectivity index (χ0v) is 9.15. The van der Waals surface area contributed by atoms with Gasteiger partial charge in [-0.05, 0) is 18.6 Å². The normalized spacial score (nSPS) is 10.3. The van der Waals surface area contributed by atoms with Crippen LogP contribution in [-0.2, 0) is 0 Å². The molecule has 0 aliphatic rings. The maximum atomic E-state index is 4.97. The Balaban J connectivity index is 2.52. The maximum Gasteiger partial charge on any atom is 0.197 e. The Morgan fingerprint density at radius 1 is 1.46 bits per heavy atom. The van der Waals surface area contributed by atoms with Crippen LogP contribution in [0.25, 0.3) is 11.4 Å². The van der Waals surface area contributed by atoms with Crippen molar-refractivity contribution in [3.8, 4) is 11.4 Å². The number of aromatic nitrogens is 2. The van der Waals surface area contributed by atoms with Crippen LogP contribution in [0.1, 0.15) is 5.56 Å². The molecule has 0 bridgehead atoms. The predicted octanol–water partition coefficient (Wildman–Crippen LogP) is 2.65. The largest absolute Gasteiger partial charge is 0.350 e. The molecule has 0 unspecified atom stereocenters. The van der Waals surface area contributed by atoms with E-state index in [0.717, 1.165) is 20.7 Å².